The molecular formula is C11H8ClNO3. The molecule has 5 heteroatoms. The summed E-state index contributed by atoms with van der Waals surface area (Å²) in [6.45, 7) is 1.51. The van der Waals surface area contributed by atoms with Gasteiger partial charge in [-0.25, -0.2) is 9.78 Å². The minimum Gasteiger partial charge on any atom is -0.507 e. The van der Waals surface area contributed by atoms with Gasteiger partial charge in [0.1, 0.15) is 5.75 Å². The number of aromatic carboxylic acids is 1. The van der Waals surface area contributed by atoms with Gasteiger partial charge in [-0.2, -0.15) is 0 Å². The largest absolute Gasteiger partial charge is 0.507 e. The quantitative estimate of drug-likeness (QED) is 0.800. The lowest BCUT2D eigenvalue weighted by atomic mass is 10.1. The van der Waals surface area contributed by atoms with Crippen molar-refractivity contribution in [2.75, 3.05) is 0 Å². The van der Waals surface area contributed by atoms with Crippen LogP contribution in [-0.4, -0.2) is 21.2 Å². The topological polar surface area (TPSA) is 70.4 Å². The van der Waals surface area contributed by atoms with Crippen LogP contribution in [0.4, 0.5) is 0 Å². The Morgan fingerprint density at radius 1 is 1.44 bits per heavy atom. The number of pyridine rings is 1. The summed E-state index contributed by atoms with van der Waals surface area (Å²) in [4.78, 5) is 14.8. The second-order valence-corrected chi connectivity index (χ2v) is 3.84. The van der Waals surface area contributed by atoms with E-state index in [1.54, 1.807) is 12.1 Å². The van der Waals surface area contributed by atoms with Gasteiger partial charge in [-0.05, 0) is 25.1 Å². The Labute approximate surface area is 96.1 Å². The fourth-order valence-electron chi connectivity index (χ4n) is 1.52. The molecule has 4 nitrogen and oxygen atoms in total. The van der Waals surface area contributed by atoms with Crippen molar-refractivity contribution < 1.29 is 15.0 Å². The summed E-state index contributed by atoms with van der Waals surface area (Å²) in [7, 11) is 0. The van der Waals surface area contributed by atoms with E-state index in [-0.39, 0.29) is 17.0 Å². The van der Waals surface area contributed by atoms with Gasteiger partial charge in [0, 0.05) is 16.0 Å². The smallest absolute Gasteiger partial charge is 0.354 e. The van der Waals surface area contributed by atoms with Gasteiger partial charge >= 0.3 is 5.97 Å². The summed E-state index contributed by atoms with van der Waals surface area (Å²) in [6, 6.07) is 4.74. The van der Waals surface area contributed by atoms with Crippen LogP contribution in [0.5, 0.6) is 5.75 Å². The van der Waals surface area contributed by atoms with Crippen molar-refractivity contribution in [1.82, 2.24) is 4.98 Å². The van der Waals surface area contributed by atoms with Crippen molar-refractivity contribution in [3.8, 4) is 5.75 Å². The zero-order valence-electron chi connectivity index (χ0n) is 8.36. The molecule has 0 saturated carbocycles. The van der Waals surface area contributed by atoms with Crippen LogP contribution in [0, 0.1) is 6.92 Å². The van der Waals surface area contributed by atoms with Crippen LogP contribution in [0.2, 0.25) is 5.02 Å². The number of carboxylic acids is 1. The first kappa shape index (κ1) is 10.7. The van der Waals surface area contributed by atoms with Crippen LogP contribution in [-0.2, 0) is 0 Å². The highest BCUT2D eigenvalue weighted by molar-refractivity contribution is 6.31. The number of benzene rings is 1. The predicted molar refractivity (Wildman–Crippen MR) is 60.1 cm³/mol. The van der Waals surface area contributed by atoms with E-state index in [1.165, 1.54) is 13.0 Å². The maximum absolute atomic E-state index is 10.9. The molecule has 1 heterocycles. The highest BCUT2D eigenvalue weighted by Gasteiger charge is 2.15. The van der Waals surface area contributed by atoms with E-state index in [1.807, 2.05) is 0 Å². The summed E-state index contributed by atoms with van der Waals surface area (Å²) < 4.78 is 0. The maximum atomic E-state index is 10.9. The van der Waals surface area contributed by atoms with E-state index in [0.29, 0.717) is 15.9 Å². The average molecular weight is 238 g/mol. The summed E-state index contributed by atoms with van der Waals surface area (Å²) >= 11 is 5.77. The fourth-order valence-corrected chi connectivity index (χ4v) is 1.69. The Morgan fingerprint density at radius 2 is 2.12 bits per heavy atom. The molecule has 1 aromatic heterocycles. The van der Waals surface area contributed by atoms with Crippen molar-refractivity contribution in [2.45, 2.75) is 6.92 Å². The third kappa shape index (κ3) is 1.57. The van der Waals surface area contributed by atoms with Gasteiger partial charge in [0.2, 0.25) is 0 Å². The molecule has 2 rings (SSSR count). The minimum absolute atomic E-state index is 0.0703. The summed E-state index contributed by atoms with van der Waals surface area (Å²) in [5, 5.41) is 19.7. The van der Waals surface area contributed by atoms with Gasteiger partial charge in [-0.3, -0.25) is 0 Å². The number of nitrogens with zero attached hydrogens (tertiary/aromatic N) is 1. The van der Waals surface area contributed by atoms with Gasteiger partial charge in [0.05, 0.1) is 5.52 Å². The number of fused-ring (bicyclic) bond motifs is 1. The number of rotatable bonds is 1. The molecule has 0 fully saturated rings. The van der Waals surface area contributed by atoms with Gasteiger partial charge in [-0.15, -0.1) is 0 Å². The van der Waals surface area contributed by atoms with E-state index in [0.717, 1.165) is 0 Å². The Kier molecular flexibility index (Phi) is 2.44. The van der Waals surface area contributed by atoms with Crippen molar-refractivity contribution in [3.63, 3.8) is 0 Å². The van der Waals surface area contributed by atoms with E-state index >= 15 is 0 Å². The summed E-state index contributed by atoms with van der Waals surface area (Å²) in [5.41, 5.74) is 0.461. The van der Waals surface area contributed by atoms with Gasteiger partial charge in [0.25, 0.3) is 0 Å². The van der Waals surface area contributed by atoms with Crippen molar-refractivity contribution in [3.05, 3.63) is 34.5 Å². The molecule has 0 bridgehead atoms. The first-order valence-corrected chi connectivity index (χ1v) is 4.90. The lowest BCUT2D eigenvalue weighted by Crippen LogP contribution is -2.04. The third-order valence-electron chi connectivity index (χ3n) is 2.36. The first-order chi connectivity index (χ1) is 7.50. The maximum Gasteiger partial charge on any atom is 0.354 e. The Hall–Kier alpha value is -1.81. The fraction of sp³-hybridized carbons (Fsp3) is 0.0909. The highest BCUT2D eigenvalue weighted by atomic mass is 35.5. The second kappa shape index (κ2) is 3.64. The van der Waals surface area contributed by atoms with E-state index in [4.69, 9.17) is 16.7 Å². The Balaban J connectivity index is 2.88. The molecule has 0 unspecified atom stereocenters. The lowest BCUT2D eigenvalue weighted by Gasteiger charge is -2.07. The second-order valence-electron chi connectivity index (χ2n) is 3.40. The first-order valence-electron chi connectivity index (χ1n) is 4.53. The molecule has 82 valence electrons. The third-order valence-corrected chi connectivity index (χ3v) is 2.60. The number of carboxylic acid groups (broad SMARTS) is 1. The number of aromatic hydroxyl groups is 1. The monoisotopic (exact) mass is 237 g/mol. The molecule has 0 aliphatic carbocycles. The number of aromatic nitrogens is 1. The number of halogens is 1. The molecule has 0 amide bonds. The standard InChI is InChI=1S/C11H8ClNO3/c1-5-9(11(15)16)13-8-4-6(12)2-3-7(8)10(5)14/h2-4H,1H3,(H,13,14)(H,15,16). The van der Waals surface area contributed by atoms with Crippen LogP contribution in [0.1, 0.15) is 16.1 Å². The zero-order chi connectivity index (χ0) is 11.9. The average Bonchev–Trinajstić information content (AvgIpc) is 2.22. The van der Waals surface area contributed by atoms with Gasteiger partial charge in [-0.1, -0.05) is 11.6 Å². The molecule has 0 aliphatic rings. The minimum atomic E-state index is -1.17. The van der Waals surface area contributed by atoms with Crippen LogP contribution < -0.4 is 0 Å². The van der Waals surface area contributed by atoms with Gasteiger partial charge in [0.15, 0.2) is 5.69 Å². The van der Waals surface area contributed by atoms with Gasteiger partial charge < -0.3 is 10.2 Å². The molecule has 2 aromatic rings. The molecule has 0 radical (unpaired) electrons. The molecule has 16 heavy (non-hydrogen) atoms. The highest BCUT2D eigenvalue weighted by Crippen LogP contribution is 2.30. The van der Waals surface area contributed by atoms with Crippen LogP contribution in [0.3, 0.4) is 0 Å². The molecule has 0 aliphatic heterocycles. The molecule has 0 atom stereocenters. The summed E-state index contributed by atoms with van der Waals surface area (Å²) in [6.07, 6.45) is 0. The van der Waals surface area contributed by atoms with E-state index in [9.17, 15) is 9.90 Å². The van der Waals surface area contributed by atoms with Crippen molar-refractivity contribution >= 4 is 28.5 Å². The van der Waals surface area contributed by atoms with Crippen LogP contribution >= 0.6 is 11.6 Å². The Morgan fingerprint density at radius 3 is 2.75 bits per heavy atom. The molecule has 0 spiro atoms. The predicted octanol–water partition coefficient (Wildman–Crippen LogP) is 2.60. The van der Waals surface area contributed by atoms with Crippen molar-refractivity contribution in [1.29, 1.82) is 0 Å². The lowest BCUT2D eigenvalue weighted by molar-refractivity contribution is 0.0689. The Bertz CT molecular complexity index is 595. The summed E-state index contributed by atoms with van der Waals surface area (Å²) in [5.74, 6) is -1.24. The number of hydrogen-bond donors (Lipinski definition) is 2. The van der Waals surface area contributed by atoms with Crippen LogP contribution in [0.25, 0.3) is 10.9 Å². The number of hydrogen-bond acceptors (Lipinski definition) is 3. The van der Waals surface area contributed by atoms with E-state index in [2.05, 4.69) is 4.98 Å². The SMILES string of the molecule is Cc1c(C(=O)O)nc2cc(Cl)ccc2c1O. The molecule has 2 N–H and O–H groups in total. The molecule has 0 saturated heterocycles. The zero-order valence-corrected chi connectivity index (χ0v) is 9.12. The van der Waals surface area contributed by atoms with E-state index < -0.39 is 5.97 Å². The number of carbonyl (C=O) groups is 1. The van der Waals surface area contributed by atoms with Crippen molar-refractivity contribution in [2.24, 2.45) is 0 Å². The molecular weight excluding hydrogens is 230 g/mol. The molecule has 1 aromatic carbocycles. The normalized spacial score (nSPS) is 10.6. The van der Waals surface area contributed by atoms with Crippen LogP contribution in [0.15, 0.2) is 18.2 Å².